The third-order valence-corrected chi connectivity index (χ3v) is 3.64. The molecule has 0 aliphatic heterocycles. The largest absolute Gasteiger partial charge is 0.383 e. The van der Waals surface area contributed by atoms with Gasteiger partial charge < -0.3 is 15.0 Å². The highest BCUT2D eigenvalue weighted by Crippen LogP contribution is 2.35. The van der Waals surface area contributed by atoms with Gasteiger partial charge in [0.2, 0.25) is 0 Å². The normalized spacial score (nSPS) is 10.8. The molecule has 0 bridgehead atoms. The van der Waals surface area contributed by atoms with Crippen molar-refractivity contribution in [2.24, 2.45) is 5.73 Å². The molecule has 2 aromatic rings. The maximum Gasteiger partial charge on any atom is 0.252 e. The minimum Gasteiger partial charge on any atom is -0.383 e. The van der Waals surface area contributed by atoms with Crippen molar-refractivity contribution in [3.63, 3.8) is 0 Å². The van der Waals surface area contributed by atoms with Crippen LogP contribution in [0.2, 0.25) is 5.02 Å². The number of carbonyl (C=O) groups is 1. The first-order valence-corrected chi connectivity index (χ1v) is 6.68. The summed E-state index contributed by atoms with van der Waals surface area (Å²) < 4.78 is 7.09. The Morgan fingerprint density at radius 2 is 2.00 bits per heavy atom. The molecule has 0 saturated carbocycles. The second-order valence-corrected chi connectivity index (χ2v) is 4.88. The monoisotopic (exact) mass is 292 g/mol. The van der Waals surface area contributed by atoms with E-state index in [-0.39, 0.29) is 0 Å². The number of amides is 1. The zero-order chi connectivity index (χ0) is 14.7. The summed E-state index contributed by atoms with van der Waals surface area (Å²) in [7, 11) is 1.64. The zero-order valence-corrected chi connectivity index (χ0v) is 12.3. The van der Waals surface area contributed by atoms with Crippen LogP contribution < -0.4 is 5.73 Å². The van der Waals surface area contributed by atoms with Gasteiger partial charge in [-0.15, -0.1) is 0 Å². The summed E-state index contributed by atoms with van der Waals surface area (Å²) in [5.41, 5.74) is 8.33. The number of carbonyl (C=O) groups excluding carboxylic acids is 1. The van der Waals surface area contributed by atoms with Crippen molar-refractivity contribution in [1.29, 1.82) is 0 Å². The van der Waals surface area contributed by atoms with Crippen LogP contribution >= 0.6 is 11.6 Å². The van der Waals surface area contributed by atoms with Crippen LogP contribution in [-0.2, 0) is 11.3 Å². The van der Waals surface area contributed by atoms with Crippen molar-refractivity contribution in [1.82, 2.24) is 4.57 Å². The topological polar surface area (TPSA) is 57.2 Å². The van der Waals surface area contributed by atoms with Crippen molar-refractivity contribution < 1.29 is 9.53 Å². The number of ether oxygens (including phenoxy) is 1. The van der Waals surface area contributed by atoms with Gasteiger partial charge in [-0.05, 0) is 12.5 Å². The van der Waals surface area contributed by atoms with Gasteiger partial charge in [0.1, 0.15) is 0 Å². The molecule has 0 aliphatic carbocycles. The lowest BCUT2D eigenvalue weighted by atomic mass is 10.1. The Morgan fingerprint density at radius 3 is 2.55 bits per heavy atom. The summed E-state index contributed by atoms with van der Waals surface area (Å²) in [6.07, 6.45) is 0. The fourth-order valence-corrected chi connectivity index (χ4v) is 2.77. The number of rotatable bonds is 5. The van der Waals surface area contributed by atoms with Crippen LogP contribution in [0.1, 0.15) is 16.1 Å². The molecule has 20 heavy (non-hydrogen) atoms. The number of aromatic nitrogens is 1. The Bertz CT molecular complexity index is 621. The van der Waals surface area contributed by atoms with Gasteiger partial charge in [-0.3, -0.25) is 4.79 Å². The molecule has 0 spiro atoms. The van der Waals surface area contributed by atoms with Gasteiger partial charge in [-0.1, -0.05) is 41.9 Å². The van der Waals surface area contributed by atoms with Crippen molar-refractivity contribution in [2.75, 3.05) is 13.7 Å². The molecule has 1 heterocycles. The van der Waals surface area contributed by atoms with Gasteiger partial charge in [0.05, 0.1) is 22.9 Å². The molecule has 1 aromatic heterocycles. The lowest BCUT2D eigenvalue weighted by Crippen LogP contribution is -2.13. The fourth-order valence-electron chi connectivity index (χ4n) is 2.33. The summed E-state index contributed by atoms with van der Waals surface area (Å²) in [6, 6.07) is 9.70. The first-order valence-electron chi connectivity index (χ1n) is 6.30. The molecule has 4 nitrogen and oxygen atoms in total. The molecule has 1 amide bonds. The molecule has 2 rings (SSSR count). The standard InChI is InChI=1S/C15H17ClN2O2/c1-10-12(15(17)19)13(16)14(18(10)8-9-20-2)11-6-4-3-5-7-11/h3-7H,8-9H2,1-2H3,(H2,17,19). The highest BCUT2D eigenvalue weighted by molar-refractivity contribution is 6.36. The van der Waals surface area contributed by atoms with E-state index in [0.29, 0.717) is 23.7 Å². The van der Waals surface area contributed by atoms with Gasteiger partial charge >= 0.3 is 0 Å². The molecule has 0 radical (unpaired) electrons. The van der Waals surface area contributed by atoms with E-state index < -0.39 is 5.91 Å². The number of nitrogens with zero attached hydrogens (tertiary/aromatic N) is 1. The number of benzene rings is 1. The van der Waals surface area contributed by atoms with E-state index in [1.165, 1.54) is 0 Å². The molecule has 0 unspecified atom stereocenters. The van der Waals surface area contributed by atoms with Crippen molar-refractivity contribution in [2.45, 2.75) is 13.5 Å². The highest BCUT2D eigenvalue weighted by atomic mass is 35.5. The smallest absolute Gasteiger partial charge is 0.252 e. The van der Waals surface area contributed by atoms with Crippen molar-refractivity contribution in [3.05, 3.63) is 46.6 Å². The lowest BCUT2D eigenvalue weighted by Gasteiger charge is -2.11. The van der Waals surface area contributed by atoms with E-state index in [0.717, 1.165) is 17.0 Å². The average Bonchev–Trinajstić information content (AvgIpc) is 2.68. The number of hydrogen-bond acceptors (Lipinski definition) is 2. The molecule has 0 atom stereocenters. The summed E-state index contributed by atoms with van der Waals surface area (Å²) in [4.78, 5) is 11.6. The third kappa shape index (κ3) is 2.57. The SMILES string of the molecule is COCCn1c(C)c(C(N)=O)c(Cl)c1-c1ccccc1. The molecule has 2 N–H and O–H groups in total. The van der Waals surface area contributed by atoms with E-state index in [1.54, 1.807) is 7.11 Å². The van der Waals surface area contributed by atoms with E-state index in [1.807, 2.05) is 41.8 Å². The van der Waals surface area contributed by atoms with E-state index in [9.17, 15) is 4.79 Å². The molecular formula is C15H17ClN2O2. The van der Waals surface area contributed by atoms with Gasteiger partial charge in [0.25, 0.3) is 5.91 Å². The van der Waals surface area contributed by atoms with Crippen LogP contribution in [0.3, 0.4) is 0 Å². The number of nitrogens with two attached hydrogens (primary N) is 1. The Morgan fingerprint density at radius 1 is 1.35 bits per heavy atom. The lowest BCUT2D eigenvalue weighted by molar-refractivity contribution is 0.0999. The van der Waals surface area contributed by atoms with Gasteiger partial charge in [-0.25, -0.2) is 0 Å². The van der Waals surface area contributed by atoms with Crippen LogP contribution in [0.4, 0.5) is 0 Å². The van der Waals surface area contributed by atoms with Gasteiger partial charge in [0.15, 0.2) is 0 Å². The second-order valence-electron chi connectivity index (χ2n) is 4.50. The zero-order valence-electron chi connectivity index (χ0n) is 11.5. The predicted molar refractivity (Wildman–Crippen MR) is 80.0 cm³/mol. The fraction of sp³-hybridized carbons (Fsp3) is 0.267. The van der Waals surface area contributed by atoms with E-state index in [4.69, 9.17) is 22.1 Å². The Balaban J connectivity index is 2.64. The van der Waals surface area contributed by atoms with Crippen LogP contribution in [0.5, 0.6) is 0 Å². The highest BCUT2D eigenvalue weighted by Gasteiger charge is 2.23. The molecule has 0 saturated heterocycles. The molecular weight excluding hydrogens is 276 g/mol. The minimum absolute atomic E-state index is 0.377. The van der Waals surface area contributed by atoms with Crippen molar-refractivity contribution >= 4 is 17.5 Å². The van der Waals surface area contributed by atoms with E-state index >= 15 is 0 Å². The maximum atomic E-state index is 11.6. The number of primary amides is 1. The average molecular weight is 293 g/mol. The second kappa shape index (κ2) is 6.11. The summed E-state index contributed by atoms with van der Waals surface area (Å²) >= 11 is 6.38. The minimum atomic E-state index is -0.513. The van der Waals surface area contributed by atoms with E-state index in [2.05, 4.69) is 0 Å². The molecule has 106 valence electrons. The molecule has 0 aliphatic rings. The Hall–Kier alpha value is -1.78. The predicted octanol–water partition coefficient (Wildman–Crippen LogP) is 2.86. The maximum absolute atomic E-state index is 11.6. The summed E-state index contributed by atoms with van der Waals surface area (Å²) in [5.74, 6) is -0.513. The van der Waals surface area contributed by atoms with Crippen LogP contribution in [0, 0.1) is 6.92 Å². The van der Waals surface area contributed by atoms with Crippen LogP contribution in [-0.4, -0.2) is 24.2 Å². The van der Waals surface area contributed by atoms with Crippen molar-refractivity contribution in [3.8, 4) is 11.3 Å². The number of methoxy groups -OCH3 is 1. The van der Waals surface area contributed by atoms with Gasteiger partial charge in [-0.2, -0.15) is 0 Å². The first-order chi connectivity index (χ1) is 9.57. The molecule has 1 aromatic carbocycles. The number of hydrogen-bond donors (Lipinski definition) is 1. The quantitative estimate of drug-likeness (QED) is 0.921. The van der Waals surface area contributed by atoms with Crippen LogP contribution in [0.25, 0.3) is 11.3 Å². The molecule has 0 fully saturated rings. The summed E-state index contributed by atoms with van der Waals surface area (Å²) in [5, 5.41) is 0.400. The Labute approximate surface area is 123 Å². The first kappa shape index (κ1) is 14.6. The third-order valence-electron chi connectivity index (χ3n) is 3.28. The Kier molecular flexibility index (Phi) is 4.47. The van der Waals surface area contributed by atoms with Gasteiger partial charge in [0, 0.05) is 19.3 Å². The van der Waals surface area contributed by atoms with Crippen LogP contribution in [0.15, 0.2) is 30.3 Å². The summed E-state index contributed by atoms with van der Waals surface area (Å²) in [6.45, 7) is 2.98. The number of halogens is 1. The molecule has 5 heteroatoms.